The molecule has 0 unspecified atom stereocenters. The van der Waals surface area contributed by atoms with Gasteiger partial charge in [-0.25, -0.2) is 0 Å². The SMILES string of the molecule is C#CCNCc1c(OC)cc(OC)cc1OC. The largest absolute Gasteiger partial charge is 0.496 e. The van der Waals surface area contributed by atoms with E-state index in [0.29, 0.717) is 30.3 Å². The van der Waals surface area contributed by atoms with E-state index in [2.05, 4.69) is 11.2 Å². The Labute approximate surface area is 102 Å². The van der Waals surface area contributed by atoms with Crippen molar-refractivity contribution in [1.82, 2.24) is 5.32 Å². The number of hydrogen-bond acceptors (Lipinski definition) is 4. The van der Waals surface area contributed by atoms with Gasteiger partial charge in [-0.15, -0.1) is 6.42 Å². The summed E-state index contributed by atoms with van der Waals surface area (Å²) in [6.07, 6.45) is 5.18. The predicted molar refractivity (Wildman–Crippen MR) is 66.6 cm³/mol. The molecule has 0 spiro atoms. The topological polar surface area (TPSA) is 39.7 Å². The lowest BCUT2D eigenvalue weighted by Crippen LogP contribution is -2.14. The highest BCUT2D eigenvalue weighted by Gasteiger charge is 2.12. The summed E-state index contributed by atoms with van der Waals surface area (Å²) >= 11 is 0. The first-order chi connectivity index (χ1) is 8.26. The van der Waals surface area contributed by atoms with Crippen molar-refractivity contribution in [3.8, 4) is 29.6 Å². The number of nitrogens with one attached hydrogen (secondary N) is 1. The Bertz CT molecular complexity index is 385. The average molecular weight is 235 g/mol. The minimum atomic E-state index is 0.498. The van der Waals surface area contributed by atoms with Crippen LogP contribution in [0.3, 0.4) is 0 Å². The van der Waals surface area contributed by atoms with Gasteiger partial charge in [0.05, 0.1) is 33.4 Å². The molecule has 0 aliphatic carbocycles. The highest BCUT2D eigenvalue weighted by molar-refractivity contribution is 5.50. The van der Waals surface area contributed by atoms with E-state index in [1.807, 2.05) is 12.1 Å². The molecule has 4 nitrogen and oxygen atoms in total. The zero-order chi connectivity index (χ0) is 12.7. The summed E-state index contributed by atoms with van der Waals surface area (Å²) in [6, 6.07) is 3.63. The Morgan fingerprint density at radius 3 is 2.12 bits per heavy atom. The second-order valence-electron chi connectivity index (χ2n) is 3.32. The molecule has 0 bridgehead atoms. The van der Waals surface area contributed by atoms with E-state index < -0.39 is 0 Å². The summed E-state index contributed by atoms with van der Waals surface area (Å²) in [7, 11) is 4.82. The second-order valence-corrected chi connectivity index (χ2v) is 3.32. The Morgan fingerprint density at radius 1 is 1.12 bits per heavy atom. The van der Waals surface area contributed by atoms with Gasteiger partial charge in [-0.05, 0) is 0 Å². The fourth-order valence-electron chi connectivity index (χ4n) is 1.51. The van der Waals surface area contributed by atoms with Gasteiger partial charge in [0, 0.05) is 18.7 Å². The van der Waals surface area contributed by atoms with Crippen molar-refractivity contribution < 1.29 is 14.2 Å². The highest BCUT2D eigenvalue weighted by atomic mass is 16.5. The third kappa shape index (κ3) is 3.30. The summed E-state index contributed by atoms with van der Waals surface area (Å²) in [5.41, 5.74) is 0.922. The van der Waals surface area contributed by atoms with Crippen LogP contribution < -0.4 is 19.5 Å². The first-order valence-corrected chi connectivity index (χ1v) is 5.19. The normalized spacial score (nSPS) is 9.53. The minimum absolute atomic E-state index is 0.498. The highest BCUT2D eigenvalue weighted by Crippen LogP contribution is 2.33. The maximum atomic E-state index is 5.31. The van der Waals surface area contributed by atoms with Crippen molar-refractivity contribution in [2.75, 3.05) is 27.9 Å². The van der Waals surface area contributed by atoms with Gasteiger partial charge in [0.1, 0.15) is 17.2 Å². The smallest absolute Gasteiger partial charge is 0.130 e. The molecule has 17 heavy (non-hydrogen) atoms. The van der Waals surface area contributed by atoms with Crippen LogP contribution in [0.2, 0.25) is 0 Å². The number of benzene rings is 1. The number of rotatable bonds is 6. The van der Waals surface area contributed by atoms with Gasteiger partial charge in [0.2, 0.25) is 0 Å². The molecule has 0 saturated carbocycles. The Kier molecular flexibility index (Phi) is 5.18. The molecule has 0 atom stereocenters. The van der Waals surface area contributed by atoms with Crippen LogP contribution >= 0.6 is 0 Å². The maximum absolute atomic E-state index is 5.31. The van der Waals surface area contributed by atoms with Crippen LogP contribution in [0, 0.1) is 12.3 Å². The molecular formula is C13H17NO3. The van der Waals surface area contributed by atoms with Gasteiger partial charge in [0.15, 0.2) is 0 Å². The third-order valence-electron chi connectivity index (χ3n) is 2.35. The van der Waals surface area contributed by atoms with E-state index >= 15 is 0 Å². The van der Waals surface area contributed by atoms with E-state index in [0.717, 1.165) is 5.56 Å². The van der Waals surface area contributed by atoms with E-state index in [1.54, 1.807) is 21.3 Å². The summed E-state index contributed by atoms with van der Waals surface area (Å²) in [6.45, 7) is 1.08. The molecule has 0 saturated heterocycles. The molecule has 1 aromatic rings. The van der Waals surface area contributed by atoms with Gasteiger partial charge >= 0.3 is 0 Å². The Hall–Kier alpha value is -1.86. The second kappa shape index (κ2) is 6.66. The van der Waals surface area contributed by atoms with Crippen LogP contribution in [-0.2, 0) is 6.54 Å². The zero-order valence-corrected chi connectivity index (χ0v) is 10.4. The van der Waals surface area contributed by atoms with Crippen LogP contribution in [0.15, 0.2) is 12.1 Å². The van der Waals surface area contributed by atoms with Crippen LogP contribution in [-0.4, -0.2) is 27.9 Å². The monoisotopic (exact) mass is 235 g/mol. The summed E-state index contributed by atoms with van der Waals surface area (Å²) in [5, 5.41) is 3.10. The molecule has 0 amide bonds. The molecule has 0 aromatic heterocycles. The molecule has 1 aromatic carbocycles. The molecule has 4 heteroatoms. The summed E-state index contributed by atoms with van der Waals surface area (Å²) < 4.78 is 15.8. The van der Waals surface area contributed by atoms with Gasteiger partial charge in [0.25, 0.3) is 0 Å². The molecular weight excluding hydrogens is 218 g/mol. The summed E-state index contributed by atoms with van der Waals surface area (Å²) in [4.78, 5) is 0. The number of ether oxygens (including phenoxy) is 3. The Morgan fingerprint density at radius 2 is 1.71 bits per heavy atom. The molecule has 0 aliphatic heterocycles. The molecule has 0 heterocycles. The van der Waals surface area contributed by atoms with E-state index in [1.165, 1.54) is 0 Å². The zero-order valence-electron chi connectivity index (χ0n) is 10.4. The van der Waals surface area contributed by atoms with Crippen molar-refractivity contribution in [1.29, 1.82) is 0 Å². The van der Waals surface area contributed by atoms with Crippen LogP contribution in [0.5, 0.6) is 17.2 Å². The molecule has 1 N–H and O–H groups in total. The lowest BCUT2D eigenvalue weighted by Gasteiger charge is -2.15. The van der Waals surface area contributed by atoms with E-state index in [9.17, 15) is 0 Å². The summed E-state index contributed by atoms with van der Waals surface area (Å²) in [5.74, 6) is 4.64. The number of methoxy groups -OCH3 is 3. The van der Waals surface area contributed by atoms with Crippen LogP contribution in [0.4, 0.5) is 0 Å². The van der Waals surface area contributed by atoms with Crippen molar-refractivity contribution in [2.45, 2.75) is 6.54 Å². The number of terminal acetylenes is 1. The standard InChI is InChI=1S/C13H17NO3/c1-5-6-14-9-11-12(16-3)7-10(15-2)8-13(11)17-4/h1,7-8,14H,6,9H2,2-4H3. The van der Waals surface area contributed by atoms with E-state index in [4.69, 9.17) is 20.6 Å². The van der Waals surface area contributed by atoms with Gasteiger partial charge in [-0.1, -0.05) is 5.92 Å². The molecule has 0 radical (unpaired) electrons. The molecule has 0 aliphatic rings. The Balaban J connectivity index is 3.02. The van der Waals surface area contributed by atoms with Crippen LogP contribution in [0.25, 0.3) is 0 Å². The fraction of sp³-hybridized carbons (Fsp3) is 0.385. The molecule has 92 valence electrons. The van der Waals surface area contributed by atoms with Crippen molar-refractivity contribution in [2.24, 2.45) is 0 Å². The fourth-order valence-corrected chi connectivity index (χ4v) is 1.51. The average Bonchev–Trinajstić information content (AvgIpc) is 2.38. The minimum Gasteiger partial charge on any atom is -0.496 e. The van der Waals surface area contributed by atoms with Crippen LogP contribution in [0.1, 0.15) is 5.56 Å². The van der Waals surface area contributed by atoms with Crippen molar-refractivity contribution in [3.05, 3.63) is 17.7 Å². The maximum Gasteiger partial charge on any atom is 0.130 e. The van der Waals surface area contributed by atoms with Crippen molar-refractivity contribution in [3.63, 3.8) is 0 Å². The lowest BCUT2D eigenvalue weighted by molar-refractivity contribution is 0.367. The quantitative estimate of drug-likeness (QED) is 0.598. The first-order valence-electron chi connectivity index (χ1n) is 5.19. The van der Waals surface area contributed by atoms with E-state index in [-0.39, 0.29) is 0 Å². The van der Waals surface area contributed by atoms with Crippen molar-refractivity contribution >= 4 is 0 Å². The number of hydrogen-bond donors (Lipinski definition) is 1. The van der Waals surface area contributed by atoms with Gasteiger partial charge in [-0.2, -0.15) is 0 Å². The predicted octanol–water partition coefficient (Wildman–Crippen LogP) is 1.44. The third-order valence-corrected chi connectivity index (χ3v) is 2.35. The lowest BCUT2D eigenvalue weighted by atomic mass is 10.1. The van der Waals surface area contributed by atoms with Gasteiger partial charge < -0.3 is 19.5 Å². The molecule has 1 rings (SSSR count). The van der Waals surface area contributed by atoms with Gasteiger partial charge in [-0.3, -0.25) is 0 Å². The first kappa shape index (κ1) is 13.2. The molecule has 0 fully saturated rings.